The lowest BCUT2D eigenvalue weighted by Crippen LogP contribution is -2.25. The highest BCUT2D eigenvalue weighted by atomic mass is 16.4. The van der Waals surface area contributed by atoms with Gasteiger partial charge in [-0.2, -0.15) is 5.10 Å². The van der Waals surface area contributed by atoms with E-state index in [-0.39, 0.29) is 12.3 Å². The van der Waals surface area contributed by atoms with E-state index in [0.717, 1.165) is 16.9 Å². The Bertz CT molecular complexity index is 707. The van der Waals surface area contributed by atoms with Crippen LogP contribution in [0.5, 0.6) is 0 Å². The molecule has 2 aromatic rings. The van der Waals surface area contributed by atoms with E-state index >= 15 is 0 Å². The van der Waals surface area contributed by atoms with Crippen molar-refractivity contribution in [1.82, 2.24) is 15.1 Å². The number of aliphatic carboxylic acids is 1. The zero-order valence-corrected chi connectivity index (χ0v) is 13.4. The van der Waals surface area contributed by atoms with Crippen LogP contribution in [0.2, 0.25) is 0 Å². The van der Waals surface area contributed by atoms with Crippen LogP contribution in [0.25, 0.3) is 5.69 Å². The lowest BCUT2D eigenvalue weighted by Gasteiger charge is -2.07. The monoisotopic (exact) mass is 315 g/mol. The van der Waals surface area contributed by atoms with Crippen LogP contribution in [0.4, 0.5) is 0 Å². The molecule has 0 aliphatic carbocycles. The summed E-state index contributed by atoms with van der Waals surface area (Å²) in [5, 5.41) is 15.7. The Morgan fingerprint density at radius 2 is 2.04 bits per heavy atom. The summed E-state index contributed by atoms with van der Waals surface area (Å²) >= 11 is 0. The van der Waals surface area contributed by atoms with Crippen LogP contribution in [0, 0.1) is 13.8 Å². The Morgan fingerprint density at radius 1 is 1.26 bits per heavy atom. The number of carboxylic acid groups (broad SMARTS) is 1. The van der Waals surface area contributed by atoms with Crippen molar-refractivity contribution in [3.63, 3.8) is 0 Å². The average Bonchev–Trinajstić information content (AvgIpc) is 2.88. The number of carbonyl (C=O) groups excluding carboxylic acids is 1. The smallest absolute Gasteiger partial charge is 0.303 e. The van der Waals surface area contributed by atoms with E-state index in [1.165, 1.54) is 0 Å². The summed E-state index contributed by atoms with van der Waals surface area (Å²) in [6, 6.07) is 7.91. The Balaban J connectivity index is 1.98. The number of rotatable bonds is 7. The second-order valence-electron chi connectivity index (χ2n) is 5.50. The highest BCUT2D eigenvalue weighted by Gasteiger charge is 2.14. The number of carbonyl (C=O) groups is 2. The van der Waals surface area contributed by atoms with Gasteiger partial charge in [0.1, 0.15) is 0 Å². The predicted molar refractivity (Wildman–Crippen MR) is 86.9 cm³/mol. The number of carboxylic acids is 1. The van der Waals surface area contributed by atoms with Gasteiger partial charge in [-0.05, 0) is 44.4 Å². The van der Waals surface area contributed by atoms with E-state index < -0.39 is 5.97 Å². The highest BCUT2D eigenvalue weighted by molar-refractivity contribution is 5.95. The van der Waals surface area contributed by atoms with E-state index in [9.17, 15) is 9.59 Å². The predicted octanol–water partition coefficient (Wildman–Crippen LogP) is 2.47. The van der Waals surface area contributed by atoms with Crippen molar-refractivity contribution in [3.8, 4) is 5.69 Å². The molecule has 0 aliphatic rings. The maximum Gasteiger partial charge on any atom is 0.303 e. The van der Waals surface area contributed by atoms with Gasteiger partial charge in [-0.3, -0.25) is 9.59 Å². The van der Waals surface area contributed by atoms with E-state index in [1.807, 2.05) is 38.1 Å². The van der Waals surface area contributed by atoms with Crippen molar-refractivity contribution >= 4 is 11.9 Å². The molecule has 0 radical (unpaired) electrons. The number of hydrogen-bond acceptors (Lipinski definition) is 3. The molecule has 0 spiro atoms. The molecule has 0 bridgehead atoms. The number of unbranched alkanes of at least 4 members (excludes halogenated alkanes) is 1. The van der Waals surface area contributed by atoms with Gasteiger partial charge in [-0.25, -0.2) is 4.68 Å². The van der Waals surface area contributed by atoms with Crippen molar-refractivity contribution in [2.24, 2.45) is 0 Å². The average molecular weight is 315 g/mol. The molecular weight excluding hydrogens is 294 g/mol. The number of benzene rings is 1. The summed E-state index contributed by atoms with van der Waals surface area (Å²) in [4.78, 5) is 22.6. The minimum atomic E-state index is -0.813. The molecule has 2 N–H and O–H groups in total. The van der Waals surface area contributed by atoms with Crippen LogP contribution in [0.3, 0.4) is 0 Å². The van der Waals surface area contributed by atoms with Gasteiger partial charge in [-0.15, -0.1) is 0 Å². The first-order chi connectivity index (χ1) is 11.0. The van der Waals surface area contributed by atoms with Crippen molar-refractivity contribution in [2.75, 3.05) is 6.54 Å². The molecule has 0 fully saturated rings. The fourth-order valence-electron chi connectivity index (χ4n) is 2.35. The van der Waals surface area contributed by atoms with Crippen molar-refractivity contribution < 1.29 is 14.7 Å². The Hall–Kier alpha value is -2.63. The van der Waals surface area contributed by atoms with Crippen LogP contribution in [0.15, 0.2) is 30.5 Å². The summed E-state index contributed by atoms with van der Waals surface area (Å²) in [6.45, 7) is 4.32. The van der Waals surface area contributed by atoms with Gasteiger partial charge in [0, 0.05) is 13.0 Å². The molecule has 1 aromatic carbocycles. The largest absolute Gasteiger partial charge is 0.481 e. The minimum absolute atomic E-state index is 0.125. The summed E-state index contributed by atoms with van der Waals surface area (Å²) in [7, 11) is 0. The molecule has 23 heavy (non-hydrogen) atoms. The van der Waals surface area contributed by atoms with Gasteiger partial charge in [0.25, 0.3) is 5.91 Å². The maximum atomic E-state index is 12.2. The number of nitrogens with one attached hydrogen (secondary N) is 1. The highest BCUT2D eigenvalue weighted by Crippen LogP contribution is 2.15. The van der Waals surface area contributed by atoms with E-state index in [1.54, 1.807) is 10.9 Å². The molecule has 0 atom stereocenters. The van der Waals surface area contributed by atoms with Gasteiger partial charge in [0.15, 0.2) is 0 Å². The molecule has 0 saturated heterocycles. The summed E-state index contributed by atoms with van der Waals surface area (Å²) in [5.41, 5.74) is 3.35. The summed E-state index contributed by atoms with van der Waals surface area (Å²) in [6.07, 6.45) is 2.88. The lowest BCUT2D eigenvalue weighted by molar-refractivity contribution is -0.137. The molecule has 0 saturated carbocycles. The fraction of sp³-hybridized carbons (Fsp3) is 0.353. The first-order valence-electron chi connectivity index (χ1n) is 7.60. The Kier molecular flexibility index (Phi) is 5.51. The minimum Gasteiger partial charge on any atom is -0.481 e. The molecule has 2 rings (SSSR count). The third-order valence-corrected chi connectivity index (χ3v) is 3.60. The van der Waals surface area contributed by atoms with Crippen LogP contribution in [0.1, 0.15) is 40.9 Å². The van der Waals surface area contributed by atoms with Gasteiger partial charge in [0.05, 0.1) is 23.1 Å². The Morgan fingerprint density at radius 3 is 2.74 bits per heavy atom. The molecule has 0 aliphatic heterocycles. The third kappa shape index (κ3) is 4.42. The lowest BCUT2D eigenvalue weighted by atomic mass is 10.2. The molecule has 122 valence electrons. The number of aromatic nitrogens is 2. The van der Waals surface area contributed by atoms with Crippen LogP contribution in [-0.4, -0.2) is 33.3 Å². The molecule has 1 heterocycles. The normalized spacial score (nSPS) is 10.5. The molecule has 6 heteroatoms. The van der Waals surface area contributed by atoms with Crippen LogP contribution >= 0.6 is 0 Å². The molecular formula is C17H21N3O3. The quantitative estimate of drug-likeness (QED) is 0.769. The van der Waals surface area contributed by atoms with Gasteiger partial charge >= 0.3 is 5.97 Å². The van der Waals surface area contributed by atoms with Crippen molar-refractivity contribution in [2.45, 2.75) is 33.1 Å². The van der Waals surface area contributed by atoms with E-state index in [0.29, 0.717) is 24.9 Å². The SMILES string of the molecule is Cc1cccc(-n2ncc(C(=O)NCCCCC(=O)O)c2C)c1. The third-order valence-electron chi connectivity index (χ3n) is 3.60. The summed E-state index contributed by atoms with van der Waals surface area (Å²) in [5.74, 6) is -0.997. The Labute approximate surface area is 135 Å². The topological polar surface area (TPSA) is 84.2 Å². The molecule has 1 amide bonds. The zero-order valence-electron chi connectivity index (χ0n) is 13.4. The number of hydrogen-bond donors (Lipinski definition) is 2. The standard InChI is InChI=1S/C17H21N3O3/c1-12-6-5-7-14(10-12)20-13(2)15(11-19-20)17(23)18-9-4-3-8-16(21)22/h5-7,10-11H,3-4,8-9H2,1-2H3,(H,18,23)(H,21,22). The van der Waals surface area contributed by atoms with Crippen molar-refractivity contribution in [1.29, 1.82) is 0 Å². The zero-order chi connectivity index (χ0) is 16.8. The van der Waals surface area contributed by atoms with Crippen molar-refractivity contribution in [3.05, 3.63) is 47.3 Å². The van der Waals surface area contributed by atoms with E-state index in [4.69, 9.17) is 5.11 Å². The molecule has 1 aromatic heterocycles. The van der Waals surface area contributed by atoms with Gasteiger partial charge < -0.3 is 10.4 Å². The summed E-state index contributed by atoms with van der Waals surface area (Å²) < 4.78 is 1.74. The molecule has 6 nitrogen and oxygen atoms in total. The number of nitrogens with zero attached hydrogens (tertiary/aromatic N) is 2. The van der Waals surface area contributed by atoms with Crippen LogP contribution in [-0.2, 0) is 4.79 Å². The molecule has 0 unspecified atom stereocenters. The van der Waals surface area contributed by atoms with Gasteiger partial charge in [-0.1, -0.05) is 12.1 Å². The maximum absolute atomic E-state index is 12.2. The number of amides is 1. The first-order valence-corrected chi connectivity index (χ1v) is 7.60. The second-order valence-corrected chi connectivity index (χ2v) is 5.50. The fourth-order valence-corrected chi connectivity index (χ4v) is 2.35. The first kappa shape index (κ1) is 16.7. The van der Waals surface area contributed by atoms with Gasteiger partial charge in [0.2, 0.25) is 0 Å². The van der Waals surface area contributed by atoms with E-state index in [2.05, 4.69) is 10.4 Å². The second kappa shape index (κ2) is 7.58. The van der Waals surface area contributed by atoms with Crippen LogP contribution < -0.4 is 5.32 Å². The number of aryl methyl sites for hydroxylation is 1.